The molecule has 0 atom stereocenters. The molecule has 0 aromatic carbocycles. The van der Waals surface area contributed by atoms with E-state index in [9.17, 15) is 9.59 Å². The second kappa shape index (κ2) is 9.16. The summed E-state index contributed by atoms with van der Waals surface area (Å²) in [6, 6.07) is 0. The summed E-state index contributed by atoms with van der Waals surface area (Å²) in [5.41, 5.74) is 0. The highest BCUT2D eigenvalue weighted by molar-refractivity contribution is 5.99. The zero-order valence-electron chi connectivity index (χ0n) is 14.0. The van der Waals surface area contributed by atoms with Gasteiger partial charge in [0.05, 0.1) is 0 Å². The lowest BCUT2D eigenvalue weighted by atomic mass is 9.89. The van der Waals surface area contributed by atoms with Gasteiger partial charge in [-0.05, 0) is 44.4 Å². The number of rotatable bonds is 6. The van der Waals surface area contributed by atoms with Gasteiger partial charge >= 0.3 is 0 Å². The highest BCUT2D eigenvalue weighted by Gasteiger charge is 2.23. The number of hydrogen-bond donors (Lipinski definition) is 2. The molecule has 2 fully saturated rings. The van der Waals surface area contributed by atoms with Crippen LogP contribution in [0, 0.1) is 17.8 Å². The number of hydrogen-bond acceptors (Lipinski definition) is 2. The molecule has 2 aliphatic carbocycles. The average Bonchev–Trinajstić information content (AvgIpc) is 2.58. The molecule has 2 saturated carbocycles. The van der Waals surface area contributed by atoms with Crippen LogP contribution in [-0.2, 0) is 9.59 Å². The van der Waals surface area contributed by atoms with Crippen molar-refractivity contribution in [3.63, 3.8) is 0 Å². The zero-order chi connectivity index (χ0) is 15.8. The summed E-state index contributed by atoms with van der Waals surface area (Å²) < 4.78 is 0. The van der Waals surface area contributed by atoms with Crippen molar-refractivity contribution in [2.24, 2.45) is 17.8 Å². The van der Waals surface area contributed by atoms with E-state index in [0.717, 1.165) is 13.1 Å². The molecule has 2 N–H and O–H groups in total. The van der Waals surface area contributed by atoms with Gasteiger partial charge in [-0.3, -0.25) is 9.59 Å². The summed E-state index contributed by atoms with van der Waals surface area (Å²) in [6.45, 7) is 3.19. The van der Waals surface area contributed by atoms with E-state index >= 15 is 0 Å². The smallest absolute Gasteiger partial charge is 0.232 e. The van der Waals surface area contributed by atoms with E-state index in [1.54, 1.807) is 6.92 Å². The van der Waals surface area contributed by atoms with E-state index in [1.807, 2.05) is 0 Å². The predicted molar refractivity (Wildman–Crippen MR) is 88.3 cm³/mol. The number of carbonyl (C=O) groups is 2. The molecule has 2 amide bonds. The summed E-state index contributed by atoms with van der Waals surface area (Å²) in [5.74, 6) is 0.399. The number of carbonyl (C=O) groups excluding carboxylic acids is 2. The van der Waals surface area contributed by atoms with E-state index in [2.05, 4.69) is 10.6 Å². The molecule has 2 aliphatic rings. The van der Waals surface area contributed by atoms with Gasteiger partial charge in [0, 0.05) is 13.1 Å². The van der Waals surface area contributed by atoms with Crippen molar-refractivity contribution in [1.29, 1.82) is 0 Å². The monoisotopic (exact) mass is 308 g/mol. The highest BCUT2D eigenvalue weighted by atomic mass is 16.2. The first-order valence-corrected chi connectivity index (χ1v) is 9.22. The SMILES string of the molecule is CC(C(=O)NCC1CCCCC1)C(=O)NCC1CCCCC1. The normalized spacial score (nSPS) is 20.8. The summed E-state index contributed by atoms with van der Waals surface area (Å²) in [4.78, 5) is 24.2. The fourth-order valence-corrected chi connectivity index (χ4v) is 3.70. The molecule has 0 bridgehead atoms. The molecule has 0 unspecified atom stereocenters. The van der Waals surface area contributed by atoms with Gasteiger partial charge in [0.25, 0.3) is 0 Å². The van der Waals surface area contributed by atoms with Gasteiger partial charge in [-0.1, -0.05) is 38.5 Å². The third-order valence-corrected chi connectivity index (χ3v) is 5.37. The first-order chi connectivity index (χ1) is 10.7. The molecular formula is C18H32N2O2. The molecule has 0 aromatic rings. The Hall–Kier alpha value is -1.06. The third-order valence-electron chi connectivity index (χ3n) is 5.37. The maximum Gasteiger partial charge on any atom is 0.232 e. The number of amides is 2. The maximum atomic E-state index is 12.1. The highest BCUT2D eigenvalue weighted by Crippen LogP contribution is 2.23. The summed E-state index contributed by atoms with van der Waals surface area (Å²) in [6.07, 6.45) is 12.6. The van der Waals surface area contributed by atoms with E-state index in [1.165, 1.54) is 64.2 Å². The second-order valence-electron chi connectivity index (χ2n) is 7.22. The lowest BCUT2D eigenvalue weighted by Crippen LogP contribution is -2.42. The van der Waals surface area contributed by atoms with Crippen LogP contribution in [0.4, 0.5) is 0 Å². The topological polar surface area (TPSA) is 58.2 Å². The molecule has 0 aromatic heterocycles. The maximum absolute atomic E-state index is 12.1. The van der Waals surface area contributed by atoms with Crippen LogP contribution in [0.2, 0.25) is 0 Å². The Kier molecular flexibility index (Phi) is 7.20. The first kappa shape index (κ1) is 17.3. The van der Waals surface area contributed by atoms with Crippen LogP contribution in [0.5, 0.6) is 0 Å². The van der Waals surface area contributed by atoms with Crippen LogP contribution >= 0.6 is 0 Å². The van der Waals surface area contributed by atoms with Crippen molar-refractivity contribution in [3.8, 4) is 0 Å². The quantitative estimate of drug-likeness (QED) is 0.741. The minimum absolute atomic E-state index is 0.119. The van der Waals surface area contributed by atoms with Crippen molar-refractivity contribution < 1.29 is 9.59 Å². The van der Waals surface area contributed by atoms with Crippen LogP contribution in [0.1, 0.15) is 71.1 Å². The Labute approximate surface area is 134 Å². The van der Waals surface area contributed by atoms with Crippen molar-refractivity contribution in [3.05, 3.63) is 0 Å². The Bertz CT molecular complexity index is 324. The van der Waals surface area contributed by atoms with Gasteiger partial charge < -0.3 is 10.6 Å². The van der Waals surface area contributed by atoms with Crippen molar-refractivity contribution in [2.75, 3.05) is 13.1 Å². The van der Waals surface area contributed by atoms with Crippen LogP contribution in [-0.4, -0.2) is 24.9 Å². The molecule has 4 heteroatoms. The Morgan fingerprint density at radius 2 is 1.14 bits per heavy atom. The van der Waals surface area contributed by atoms with E-state index in [-0.39, 0.29) is 11.8 Å². The standard InChI is InChI=1S/C18H32N2O2/c1-14(17(21)19-12-15-8-4-2-5-9-15)18(22)20-13-16-10-6-3-7-11-16/h14-16H,2-13H2,1H3,(H,19,21)(H,20,22). The lowest BCUT2D eigenvalue weighted by molar-refractivity contribution is -0.134. The van der Waals surface area contributed by atoms with E-state index < -0.39 is 5.92 Å². The lowest BCUT2D eigenvalue weighted by Gasteiger charge is -2.24. The van der Waals surface area contributed by atoms with Crippen molar-refractivity contribution in [1.82, 2.24) is 10.6 Å². The van der Waals surface area contributed by atoms with Crippen molar-refractivity contribution >= 4 is 11.8 Å². The molecule has 126 valence electrons. The molecule has 22 heavy (non-hydrogen) atoms. The third kappa shape index (κ3) is 5.62. The fourth-order valence-electron chi connectivity index (χ4n) is 3.70. The number of nitrogens with one attached hydrogen (secondary N) is 2. The molecule has 0 aliphatic heterocycles. The molecule has 0 saturated heterocycles. The Balaban J connectivity index is 1.64. The summed E-state index contributed by atoms with van der Waals surface area (Å²) >= 11 is 0. The van der Waals surface area contributed by atoms with Gasteiger partial charge in [-0.15, -0.1) is 0 Å². The van der Waals surface area contributed by atoms with Crippen LogP contribution in [0.25, 0.3) is 0 Å². The predicted octanol–water partition coefficient (Wildman–Crippen LogP) is 3.02. The second-order valence-corrected chi connectivity index (χ2v) is 7.22. The zero-order valence-corrected chi connectivity index (χ0v) is 14.0. The van der Waals surface area contributed by atoms with Crippen LogP contribution < -0.4 is 10.6 Å². The molecular weight excluding hydrogens is 276 g/mol. The molecule has 0 spiro atoms. The van der Waals surface area contributed by atoms with Gasteiger partial charge in [0.15, 0.2) is 0 Å². The molecule has 0 heterocycles. The first-order valence-electron chi connectivity index (χ1n) is 9.22. The Morgan fingerprint density at radius 3 is 1.50 bits per heavy atom. The van der Waals surface area contributed by atoms with Crippen LogP contribution in [0.3, 0.4) is 0 Å². The fraction of sp³-hybridized carbons (Fsp3) is 0.889. The average molecular weight is 308 g/mol. The minimum atomic E-state index is -0.577. The molecule has 4 nitrogen and oxygen atoms in total. The van der Waals surface area contributed by atoms with Crippen LogP contribution in [0.15, 0.2) is 0 Å². The largest absolute Gasteiger partial charge is 0.355 e. The summed E-state index contributed by atoms with van der Waals surface area (Å²) in [5, 5.41) is 5.94. The molecule has 0 radical (unpaired) electrons. The van der Waals surface area contributed by atoms with Gasteiger partial charge in [0.2, 0.25) is 11.8 Å². The summed E-state index contributed by atoms with van der Waals surface area (Å²) in [7, 11) is 0. The van der Waals surface area contributed by atoms with Gasteiger partial charge in [-0.2, -0.15) is 0 Å². The van der Waals surface area contributed by atoms with E-state index in [0.29, 0.717) is 11.8 Å². The minimum Gasteiger partial charge on any atom is -0.355 e. The van der Waals surface area contributed by atoms with E-state index in [4.69, 9.17) is 0 Å². The van der Waals surface area contributed by atoms with Gasteiger partial charge in [0.1, 0.15) is 5.92 Å². The molecule has 2 rings (SSSR count). The Morgan fingerprint density at radius 1 is 0.773 bits per heavy atom. The van der Waals surface area contributed by atoms with Gasteiger partial charge in [-0.25, -0.2) is 0 Å². The van der Waals surface area contributed by atoms with Crippen molar-refractivity contribution in [2.45, 2.75) is 71.1 Å².